The number of anilines is 1. The number of nitrogens with two attached hydrogens (primary N) is 1. The highest BCUT2D eigenvalue weighted by Gasteiger charge is 2.31. The fourth-order valence-electron chi connectivity index (χ4n) is 2.23. The van der Waals surface area contributed by atoms with Gasteiger partial charge in [-0.25, -0.2) is 0 Å². The minimum atomic E-state index is -4.67. The van der Waals surface area contributed by atoms with Crippen molar-refractivity contribution in [1.29, 1.82) is 0 Å². The molecule has 1 fully saturated rings. The van der Waals surface area contributed by atoms with E-state index in [4.69, 9.17) is 5.73 Å². The lowest BCUT2D eigenvalue weighted by Crippen LogP contribution is -2.17. The van der Waals surface area contributed by atoms with Gasteiger partial charge in [-0.05, 0) is 30.9 Å². The molecule has 1 heterocycles. The third-order valence-electron chi connectivity index (χ3n) is 3.27. The van der Waals surface area contributed by atoms with Gasteiger partial charge >= 0.3 is 6.36 Å². The Hall–Kier alpha value is -1.85. The number of halogens is 3. The highest BCUT2D eigenvalue weighted by Crippen LogP contribution is 2.35. The van der Waals surface area contributed by atoms with Gasteiger partial charge in [0, 0.05) is 24.2 Å². The normalized spacial score (nSPS) is 15.9. The van der Waals surface area contributed by atoms with Crippen LogP contribution in [0, 0.1) is 5.92 Å². The first-order valence-corrected chi connectivity index (χ1v) is 6.06. The lowest BCUT2D eigenvalue weighted by atomic mass is 10.2. The summed E-state index contributed by atoms with van der Waals surface area (Å²) in [6.45, 7) is 0.795. The minimum Gasteiger partial charge on any atom is -0.406 e. The Kier molecular flexibility index (Phi) is 2.62. The summed E-state index contributed by atoms with van der Waals surface area (Å²) in [6, 6.07) is 4.24. The Morgan fingerprint density at radius 3 is 2.68 bits per heavy atom. The lowest BCUT2D eigenvalue weighted by Gasteiger charge is -2.10. The summed E-state index contributed by atoms with van der Waals surface area (Å²) in [5.41, 5.74) is 7.13. The van der Waals surface area contributed by atoms with E-state index in [1.54, 1.807) is 12.3 Å². The number of nitrogens with zero attached hydrogens (tertiary/aromatic N) is 1. The SMILES string of the molecule is Nc1cn(CC2CC2)c2cc(OC(F)(F)F)ccc12. The second-order valence-corrected chi connectivity index (χ2v) is 4.91. The summed E-state index contributed by atoms with van der Waals surface area (Å²) >= 11 is 0. The minimum absolute atomic E-state index is 0.213. The van der Waals surface area contributed by atoms with Gasteiger partial charge in [0.05, 0.1) is 11.2 Å². The summed E-state index contributed by atoms with van der Waals surface area (Å²) in [4.78, 5) is 0. The number of aromatic nitrogens is 1. The molecule has 0 bridgehead atoms. The van der Waals surface area contributed by atoms with Crippen LogP contribution in [0.2, 0.25) is 0 Å². The molecule has 0 amide bonds. The fraction of sp³-hybridized carbons (Fsp3) is 0.385. The maximum atomic E-state index is 12.2. The summed E-state index contributed by atoms with van der Waals surface area (Å²) in [6.07, 6.45) is -0.565. The van der Waals surface area contributed by atoms with Gasteiger partial charge in [-0.3, -0.25) is 0 Å². The summed E-state index contributed by atoms with van der Waals surface area (Å²) in [5.74, 6) is 0.400. The number of rotatable bonds is 3. The maximum Gasteiger partial charge on any atom is 0.573 e. The molecule has 3 nitrogen and oxygen atoms in total. The van der Waals surface area contributed by atoms with E-state index in [0.29, 0.717) is 17.1 Å². The van der Waals surface area contributed by atoms with Gasteiger partial charge < -0.3 is 15.0 Å². The first kappa shape index (κ1) is 12.2. The van der Waals surface area contributed by atoms with E-state index in [0.717, 1.165) is 24.8 Å². The smallest absolute Gasteiger partial charge is 0.406 e. The van der Waals surface area contributed by atoms with Gasteiger partial charge in [0.1, 0.15) is 5.75 Å². The Balaban J connectivity index is 1.99. The van der Waals surface area contributed by atoms with Crippen molar-refractivity contribution < 1.29 is 17.9 Å². The Morgan fingerprint density at radius 2 is 2.05 bits per heavy atom. The number of fused-ring (bicyclic) bond motifs is 1. The van der Waals surface area contributed by atoms with Crippen LogP contribution in [0.1, 0.15) is 12.8 Å². The van der Waals surface area contributed by atoms with Gasteiger partial charge in [0.2, 0.25) is 0 Å². The van der Waals surface area contributed by atoms with Crippen LogP contribution in [0.25, 0.3) is 10.9 Å². The topological polar surface area (TPSA) is 40.2 Å². The molecule has 0 unspecified atom stereocenters. The van der Waals surface area contributed by atoms with Crippen LogP contribution >= 0.6 is 0 Å². The highest BCUT2D eigenvalue weighted by atomic mass is 19.4. The predicted octanol–water partition coefficient (Wildman–Crippen LogP) is 3.53. The summed E-state index contributed by atoms with van der Waals surface area (Å²) in [5, 5.41) is 0.759. The molecule has 2 N–H and O–H groups in total. The van der Waals surface area contributed by atoms with E-state index in [9.17, 15) is 13.2 Å². The van der Waals surface area contributed by atoms with E-state index in [2.05, 4.69) is 4.74 Å². The van der Waals surface area contributed by atoms with Gasteiger partial charge in [-0.2, -0.15) is 0 Å². The third kappa shape index (κ3) is 2.62. The van der Waals surface area contributed by atoms with Crippen LogP contribution in [-0.4, -0.2) is 10.9 Å². The molecule has 0 spiro atoms. The van der Waals surface area contributed by atoms with Crippen LogP contribution in [0.3, 0.4) is 0 Å². The van der Waals surface area contributed by atoms with Crippen LogP contribution in [0.5, 0.6) is 5.75 Å². The molecule has 2 aromatic rings. The largest absolute Gasteiger partial charge is 0.573 e. The summed E-state index contributed by atoms with van der Waals surface area (Å²) < 4.78 is 42.5. The number of alkyl halides is 3. The second-order valence-electron chi connectivity index (χ2n) is 4.91. The molecule has 0 aliphatic heterocycles. The number of nitrogen functional groups attached to an aromatic ring is 1. The highest BCUT2D eigenvalue weighted by molar-refractivity contribution is 5.92. The maximum absolute atomic E-state index is 12.2. The standard InChI is InChI=1S/C13H13F3N2O/c14-13(15,16)19-9-3-4-10-11(17)7-18(12(10)5-9)6-8-1-2-8/h3-5,7-8H,1-2,6,17H2. The van der Waals surface area contributed by atoms with Gasteiger partial charge in [0.25, 0.3) is 0 Å². The summed E-state index contributed by atoms with van der Waals surface area (Å²) in [7, 11) is 0. The second kappa shape index (κ2) is 4.08. The van der Waals surface area contributed by atoms with Crippen LogP contribution in [0.4, 0.5) is 18.9 Å². The zero-order valence-corrected chi connectivity index (χ0v) is 10.1. The molecule has 1 aliphatic rings. The van der Waals surface area contributed by atoms with Crippen molar-refractivity contribution in [2.45, 2.75) is 25.7 Å². The third-order valence-corrected chi connectivity index (χ3v) is 3.27. The van der Waals surface area contributed by atoms with E-state index < -0.39 is 6.36 Å². The van der Waals surface area contributed by atoms with Crippen molar-refractivity contribution in [3.05, 3.63) is 24.4 Å². The first-order valence-electron chi connectivity index (χ1n) is 6.06. The molecule has 19 heavy (non-hydrogen) atoms. The molecule has 1 saturated carbocycles. The molecule has 1 aliphatic carbocycles. The molecule has 0 saturated heterocycles. The Labute approximate surface area is 107 Å². The van der Waals surface area contributed by atoms with Crippen molar-refractivity contribution >= 4 is 16.6 Å². The van der Waals surface area contributed by atoms with E-state index in [-0.39, 0.29) is 5.75 Å². The van der Waals surface area contributed by atoms with Gasteiger partial charge in [-0.1, -0.05) is 0 Å². The Bertz CT molecular complexity index is 614. The quantitative estimate of drug-likeness (QED) is 0.926. The van der Waals surface area contributed by atoms with Gasteiger partial charge in [-0.15, -0.1) is 13.2 Å². The van der Waals surface area contributed by atoms with E-state index in [1.165, 1.54) is 12.1 Å². The van der Waals surface area contributed by atoms with Crippen molar-refractivity contribution in [2.24, 2.45) is 5.92 Å². The van der Waals surface area contributed by atoms with Crippen LogP contribution in [-0.2, 0) is 6.54 Å². The number of hydrogen-bond acceptors (Lipinski definition) is 2. The lowest BCUT2D eigenvalue weighted by molar-refractivity contribution is -0.274. The average molecular weight is 270 g/mol. The molecule has 102 valence electrons. The zero-order chi connectivity index (χ0) is 13.6. The van der Waals surface area contributed by atoms with E-state index in [1.807, 2.05) is 4.57 Å². The zero-order valence-electron chi connectivity index (χ0n) is 10.1. The van der Waals surface area contributed by atoms with E-state index >= 15 is 0 Å². The first-order chi connectivity index (χ1) is 8.92. The monoisotopic (exact) mass is 270 g/mol. The predicted molar refractivity (Wildman–Crippen MR) is 65.8 cm³/mol. The number of benzene rings is 1. The van der Waals surface area contributed by atoms with Gasteiger partial charge in [0.15, 0.2) is 0 Å². The molecule has 3 rings (SSSR count). The molecule has 1 aromatic heterocycles. The molecule has 0 radical (unpaired) electrons. The fourth-order valence-corrected chi connectivity index (χ4v) is 2.23. The van der Waals surface area contributed by atoms with Crippen LogP contribution < -0.4 is 10.5 Å². The molecule has 0 atom stereocenters. The molecular weight excluding hydrogens is 257 g/mol. The van der Waals surface area contributed by atoms with Crippen LogP contribution in [0.15, 0.2) is 24.4 Å². The average Bonchev–Trinajstić information content (AvgIpc) is 3.04. The van der Waals surface area contributed by atoms with Crippen molar-refractivity contribution in [1.82, 2.24) is 4.57 Å². The molecular formula is C13H13F3N2O. The molecule has 1 aromatic carbocycles. The van der Waals surface area contributed by atoms with Crippen molar-refractivity contribution in [2.75, 3.05) is 5.73 Å². The molecule has 6 heteroatoms. The Morgan fingerprint density at radius 1 is 1.32 bits per heavy atom. The van der Waals surface area contributed by atoms with Crippen molar-refractivity contribution in [3.63, 3.8) is 0 Å². The number of ether oxygens (including phenoxy) is 1. The van der Waals surface area contributed by atoms with Crippen molar-refractivity contribution in [3.8, 4) is 5.75 Å². The number of hydrogen-bond donors (Lipinski definition) is 1.